The minimum absolute atomic E-state index is 0.303. The van der Waals surface area contributed by atoms with Crippen LogP contribution in [0.5, 0.6) is 0 Å². The van der Waals surface area contributed by atoms with E-state index in [4.69, 9.17) is 5.11 Å². The number of rotatable bonds is 21. The second-order valence-corrected chi connectivity index (χ2v) is 14.6. The maximum Gasteiger partial charge on any atom is 0.114 e. The zero-order chi connectivity index (χ0) is 27.4. The van der Waals surface area contributed by atoms with Crippen LogP contribution in [0.25, 0.3) is 0 Å². The average Bonchev–Trinajstić information content (AvgIpc) is 2.99. The molecule has 0 amide bonds. The highest BCUT2D eigenvalue weighted by molar-refractivity contribution is 7.95. The van der Waals surface area contributed by atoms with Crippen molar-refractivity contribution < 1.29 is 10.2 Å². The predicted molar refractivity (Wildman–Crippen MR) is 172 cm³/mol. The fraction of sp³-hybridized carbons (Fsp3) is 0.500. The first-order valence-corrected chi connectivity index (χ1v) is 17.6. The fourth-order valence-electron chi connectivity index (χ4n) is 5.83. The third-order valence-electron chi connectivity index (χ3n) is 8.02. The zero-order valence-electron chi connectivity index (χ0n) is 24.1. The third-order valence-corrected chi connectivity index (χ3v) is 12.5. The lowest BCUT2D eigenvalue weighted by molar-refractivity contribution is 0.183. The Balaban J connectivity index is 1.43. The van der Waals surface area contributed by atoms with Crippen LogP contribution in [-0.4, -0.2) is 29.1 Å². The van der Waals surface area contributed by atoms with E-state index in [-0.39, 0.29) is 6.10 Å². The SMILES string of the molecule is OCCCCCCCCCCCCCCCCC(O)C[P+](c1ccccc1)(c1ccccc1)c1ccccc1. The first-order valence-electron chi connectivity index (χ1n) is 15.6. The second-order valence-electron chi connectivity index (χ2n) is 11.1. The summed E-state index contributed by atoms with van der Waals surface area (Å²) in [5.74, 6) is 0. The van der Waals surface area contributed by atoms with Gasteiger partial charge in [-0.25, -0.2) is 0 Å². The van der Waals surface area contributed by atoms with E-state index < -0.39 is 7.26 Å². The molecule has 3 aromatic rings. The molecule has 0 heterocycles. The van der Waals surface area contributed by atoms with Crippen LogP contribution in [0.4, 0.5) is 0 Å². The number of hydrogen-bond acceptors (Lipinski definition) is 2. The van der Waals surface area contributed by atoms with E-state index >= 15 is 0 Å². The van der Waals surface area contributed by atoms with E-state index in [1.165, 1.54) is 93.0 Å². The molecule has 2 N–H and O–H groups in total. The number of aliphatic hydroxyl groups is 2. The predicted octanol–water partition coefficient (Wildman–Crippen LogP) is 8.19. The summed E-state index contributed by atoms with van der Waals surface area (Å²) in [5.41, 5.74) is 0. The van der Waals surface area contributed by atoms with E-state index in [2.05, 4.69) is 91.0 Å². The standard InChI is InChI=1S/C36H52O2P/c37-31-23-12-10-8-6-4-2-1-3-5-7-9-11-16-24-33(38)32-39(34-25-17-13-18-26-34,35-27-19-14-20-28-35)36-29-21-15-22-30-36/h13-15,17-22,25-30,33,37-38H,1-12,16,23-24,31-32H2/q+1. The minimum Gasteiger partial charge on any atom is -0.396 e. The summed E-state index contributed by atoms with van der Waals surface area (Å²) in [6.07, 6.45) is 19.3. The quantitative estimate of drug-likeness (QED) is 0.104. The monoisotopic (exact) mass is 547 g/mol. The molecule has 1 atom stereocenters. The van der Waals surface area contributed by atoms with Gasteiger partial charge in [-0.1, -0.05) is 138 Å². The van der Waals surface area contributed by atoms with Gasteiger partial charge in [-0.3, -0.25) is 0 Å². The van der Waals surface area contributed by atoms with E-state index in [0.717, 1.165) is 25.4 Å². The maximum absolute atomic E-state index is 11.4. The summed E-state index contributed by atoms with van der Waals surface area (Å²) in [4.78, 5) is 0. The van der Waals surface area contributed by atoms with Gasteiger partial charge in [0.2, 0.25) is 0 Å². The highest BCUT2D eigenvalue weighted by atomic mass is 31.2. The lowest BCUT2D eigenvalue weighted by Gasteiger charge is -2.29. The van der Waals surface area contributed by atoms with Crippen molar-refractivity contribution in [3.63, 3.8) is 0 Å². The van der Waals surface area contributed by atoms with Crippen molar-refractivity contribution in [1.29, 1.82) is 0 Å². The van der Waals surface area contributed by atoms with Crippen LogP contribution in [0.1, 0.15) is 96.3 Å². The third kappa shape index (κ3) is 10.8. The molecule has 0 aliphatic rings. The van der Waals surface area contributed by atoms with Gasteiger partial charge in [0.05, 0.1) is 12.3 Å². The molecule has 0 spiro atoms. The molecular formula is C36H52O2P+. The molecule has 0 fully saturated rings. The van der Waals surface area contributed by atoms with Crippen molar-refractivity contribution in [3.8, 4) is 0 Å². The van der Waals surface area contributed by atoms with Gasteiger partial charge in [-0.15, -0.1) is 0 Å². The van der Waals surface area contributed by atoms with Crippen LogP contribution >= 0.6 is 7.26 Å². The molecule has 0 aromatic heterocycles. The van der Waals surface area contributed by atoms with Gasteiger partial charge in [-0.2, -0.15) is 0 Å². The van der Waals surface area contributed by atoms with Crippen LogP contribution in [-0.2, 0) is 0 Å². The largest absolute Gasteiger partial charge is 0.396 e. The molecule has 0 bridgehead atoms. The fourth-order valence-corrected chi connectivity index (χ4v) is 10.2. The second kappa shape index (κ2) is 19.1. The van der Waals surface area contributed by atoms with Crippen molar-refractivity contribution in [3.05, 3.63) is 91.0 Å². The van der Waals surface area contributed by atoms with Crippen molar-refractivity contribution in [2.75, 3.05) is 12.8 Å². The number of unbranched alkanes of at least 4 members (excludes halogenated alkanes) is 13. The van der Waals surface area contributed by atoms with Gasteiger partial charge >= 0.3 is 0 Å². The van der Waals surface area contributed by atoms with Gasteiger partial charge < -0.3 is 10.2 Å². The Morgan fingerprint density at radius 1 is 0.436 bits per heavy atom. The smallest absolute Gasteiger partial charge is 0.114 e. The molecular weight excluding hydrogens is 495 g/mol. The molecule has 0 saturated carbocycles. The van der Waals surface area contributed by atoms with Crippen molar-refractivity contribution >= 4 is 23.2 Å². The Kier molecular flexibility index (Phi) is 15.5. The molecule has 0 saturated heterocycles. The van der Waals surface area contributed by atoms with Gasteiger partial charge in [-0.05, 0) is 49.2 Å². The van der Waals surface area contributed by atoms with E-state index in [0.29, 0.717) is 6.61 Å². The summed E-state index contributed by atoms with van der Waals surface area (Å²) in [5, 5.41) is 24.3. The van der Waals surface area contributed by atoms with Crippen LogP contribution in [0, 0.1) is 0 Å². The Bertz CT molecular complexity index is 880. The van der Waals surface area contributed by atoms with Crippen LogP contribution in [0.15, 0.2) is 91.0 Å². The summed E-state index contributed by atoms with van der Waals surface area (Å²) >= 11 is 0. The normalized spacial score (nSPS) is 12.5. The average molecular weight is 548 g/mol. The van der Waals surface area contributed by atoms with Gasteiger partial charge in [0, 0.05) is 6.61 Å². The first-order chi connectivity index (χ1) is 19.3. The number of benzene rings is 3. The molecule has 3 heteroatoms. The van der Waals surface area contributed by atoms with E-state index in [1.54, 1.807) is 0 Å². The first kappa shape index (κ1) is 31.5. The summed E-state index contributed by atoms with van der Waals surface area (Å²) in [7, 11) is -1.96. The summed E-state index contributed by atoms with van der Waals surface area (Å²) < 4.78 is 0. The topological polar surface area (TPSA) is 40.5 Å². The molecule has 3 rings (SSSR count). The molecule has 0 aliphatic heterocycles. The molecule has 212 valence electrons. The highest BCUT2D eigenvalue weighted by Gasteiger charge is 2.46. The molecule has 3 aromatic carbocycles. The number of hydrogen-bond donors (Lipinski definition) is 2. The summed E-state index contributed by atoms with van der Waals surface area (Å²) in [6, 6.07) is 32.7. The van der Waals surface area contributed by atoms with Crippen LogP contribution in [0.3, 0.4) is 0 Å². The Labute approximate surface area is 239 Å². The lowest BCUT2D eigenvalue weighted by atomic mass is 10.0. The van der Waals surface area contributed by atoms with E-state index in [9.17, 15) is 5.11 Å². The summed E-state index contributed by atoms with van der Waals surface area (Å²) in [6.45, 7) is 0.347. The van der Waals surface area contributed by atoms with Crippen molar-refractivity contribution in [2.45, 2.75) is 102 Å². The molecule has 2 nitrogen and oxygen atoms in total. The highest BCUT2D eigenvalue weighted by Crippen LogP contribution is 2.56. The Morgan fingerprint density at radius 3 is 1.08 bits per heavy atom. The maximum atomic E-state index is 11.4. The molecule has 39 heavy (non-hydrogen) atoms. The molecule has 0 radical (unpaired) electrons. The Hall–Kier alpha value is -1.99. The molecule has 0 aliphatic carbocycles. The van der Waals surface area contributed by atoms with E-state index in [1.807, 2.05) is 0 Å². The van der Waals surface area contributed by atoms with Gasteiger partial charge in [0.1, 0.15) is 23.2 Å². The van der Waals surface area contributed by atoms with Crippen molar-refractivity contribution in [1.82, 2.24) is 0 Å². The number of aliphatic hydroxyl groups excluding tert-OH is 2. The molecule has 1 unspecified atom stereocenters. The minimum atomic E-state index is -1.96. The Morgan fingerprint density at radius 2 is 0.744 bits per heavy atom. The van der Waals surface area contributed by atoms with Crippen LogP contribution < -0.4 is 15.9 Å². The van der Waals surface area contributed by atoms with Gasteiger partial charge in [0.25, 0.3) is 0 Å². The zero-order valence-corrected chi connectivity index (χ0v) is 25.0. The van der Waals surface area contributed by atoms with Crippen LogP contribution in [0.2, 0.25) is 0 Å². The van der Waals surface area contributed by atoms with Crippen molar-refractivity contribution in [2.24, 2.45) is 0 Å². The van der Waals surface area contributed by atoms with Gasteiger partial charge in [0.15, 0.2) is 0 Å². The lowest BCUT2D eigenvalue weighted by Crippen LogP contribution is -2.37.